The first-order valence-corrected chi connectivity index (χ1v) is 10.6. The maximum atomic E-state index is 12.2. The van der Waals surface area contributed by atoms with E-state index < -0.39 is 0 Å². The van der Waals surface area contributed by atoms with Gasteiger partial charge in [0.25, 0.3) is 0 Å². The standard InChI is InChI=1S/C24H19ClN2O4/c1-12-8-19(28)31-23-17(12)6-7-18-22(23)21-14(10-29-18)11-30-24-20(21)13(2)26-27(24)16-5-3-4-15(25)9-16/h3-9,14,21H,10-11H2,1-2H3. The second-order valence-corrected chi connectivity index (χ2v) is 8.59. The number of hydrogen-bond acceptors (Lipinski definition) is 5. The zero-order valence-electron chi connectivity index (χ0n) is 17.0. The molecular formula is C24H19ClN2O4. The highest BCUT2D eigenvalue weighted by Gasteiger charge is 2.43. The number of aromatic nitrogens is 2. The molecule has 2 aliphatic rings. The van der Waals surface area contributed by atoms with Crippen molar-refractivity contribution >= 4 is 22.6 Å². The normalized spacial score (nSPS) is 19.2. The molecule has 6 nitrogen and oxygen atoms in total. The van der Waals surface area contributed by atoms with Gasteiger partial charge in [-0.15, -0.1) is 0 Å². The molecule has 0 saturated heterocycles. The Labute approximate surface area is 183 Å². The van der Waals surface area contributed by atoms with Crippen LogP contribution in [0.25, 0.3) is 16.7 Å². The third-order valence-corrected chi connectivity index (χ3v) is 6.45. The lowest BCUT2D eigenvalue weighted by molar-refractivity contribution is 0.121. The van der Waals surface area contributed by atoms with Crippen molar-refractivity contribution in [2.24, 2.45) is 5.92 Å². The van der Waals surface area contributed by atoms with Gasteiger partial charge in [-0.2, -0.15) is 5.10 Å². The van der Waals surface area contributed by atoms with Gasteiger partial charge >= 0.3 is 5.63 Å². The van der Waals surface area contributed by atoms with Crippen molar-refractivity contribution in [3.05, 3.63) is 80.3 Å². The average molecular weight is 435 g/mol. The van der Waals surface area contributed by atoms with Gasteiger partial charge in [0.05, 0.1) is 24.6 Å². The zero-order valence-corrected chi connectivity index (χ0v) is 17.8. The molecule has 2 aromatic carbocycles. The summed E-state index contributed by atoms with van der Waals surface area (Å²) in [5, 5.41) is 6.33. The summed E-state index contributed by atoms with van der Waals surface area (Å²) in [7, 11) is 0. The van der Waals surface area contributed by atoms with Gasteiger partial charge in [-0.1, -0.05) is 17.7 Å². The van der Waals surface area contributed by atoms with Gasteiger partial charge in [0.15, 0.2) is 0 Å². The molecule has 4 aromatic rings. The van der Waals surface area contributed by atoms with Crippen molar-refractivity contribution in [3.63, 3.8) is 0 Å². The van der Waals surface area contributed by atoms with Crippen molar-refractivity contribution < 1.29 is 13.9 Å². The minimum absolute atomic E-state index is 0.0471. The van der Waals surface area contributed by atoms with Crippen LogP contribution < -0.4 is 15.1 Å². The fraction of sp³-hybridized carbons (Fsp3) is 0.250. The van der Waals surface area contributed by atoms with E-state index in [4.69, 9.17) is 30.6 Å². The molecule has 7 heteroatoms. The number of benzene rings is 2. The summed E-state index contributed by atoms with van der Waals surface area (Å²) in [4.78, 5) is 12.2. The third-order valence-electron chi connectivity index (χ3n) is 6.21. The van der Waals surface area contributed by atoms with E-state index >= 15 is 0 Å². The first-order chi connectivity index (χ1) is 15.0. The van der Waals surface area contributed by atoms with Gasteiger partial charge in [-0.05, 0) is 49.7 Å². The zero-order chi connectivity index (χ0) is 21.3. The Bertz CT molecular complexity index is 1420. The van der Waals surface area contributed by atoms with Crippen molar-refractivity contribution in [1.29, 1.82) is 0 Å². The Morgan fingerprint density at radius 1 is 1.06 bits per heavy atom. The fourth-order valence-corrected chi connectivity index (χ4v) is 5.03. The van der Waals surface area contributed by atoms with Crippen LogP contribution in [0.15, 0.2) is 51.7 Å². The molecule has 2 aromatic heterocycles. The summed E-state index contributed by atoms with van der Waals surface area (Å²) in [5.41, 5.74) is 4.70. The predicted octanol–water partition coefficient (Wildman–Crippen LogP) is 4.78. The van der Waals surface area contributed by atoms with E-state index in [-0.39, 0.29) is 17.5 Å². The van der Waals surface area contributed by atoms with E-state index in [1.54, 1.807) is 4.68 Å². The molecule has 2 unspecified atom stereocenters. The van der Waals surface area contributed by atoms with E-state index in [0.717, 1.165) is 39.2 Å². The fourth-order valence-electron chi connectivity index (χ4n) is 4.84. The van der Waals surface area contributed by atoms with E-state index in [1.165, 1.54) is 6.07 Å². The van der Waals surface area contributed by atoms with Crippen molar-refractivity contribution in [2.45, 2.75) is 19.8 Å². The number of fused-ring (bicyclic) bond motifs is 7. The number of aryl methyl sites for hydroxylation is 2. The van der Waals surface area contributed by atoms with Crippen LogP contribution in [0.5, 0.6) is 11.6 Å². The van der Waals surface area contributed by atoms with Crippen LogP contribution in [0.2, 0.25) is 5.02 Å². The number of ether oxygens (including phenoxy) is 2. The van der Waals surface area contributed by atoms with Crippen LogP contribution in [-0.4, -0.2) is 23.0 Å². The van der Waals surface area contributed by atoms with Gasteiger partial charge in [0.2, 0.25) is 5.88 Å². The molecule has 156 valence electrons. The quantitative estimate of drug-likeness (QED) is 0.403. The molecule has 2 aliphatic heterocycles. The summed E-state index contributed by atoms with van der Waals surface area (Å²) >= 11 is 6.22. The maximum Gasteiger partial charge on any atom is 0.336 e. The average Bonchev–Trinajstić information content (AvgIpc) is 3.09. The summed E-state index contributed by atoms with van der Waals surface area (Å²) in [6.45, 7) is 4.91. The first kappa shape index (κ1) is 18.5. The Kier molecular flexibility index (Phi) is 3.96. The molecule has 0 amide bonds. The van der Waals surface area contributed by atoms with Crippen LogP contribution in [0, 0.1) is 19.8 Å². The Morgan fingerprint density at radius 3 is 2.74 bits per heavy atom. The monoisotopic (exact) mass is 434 g/mol. The number of nitrogens with zero attached hydrogens (tertiary/aromatic N) is 2. The molecule has 2 atom stereocenters. The minimum atomic E-state index is -0.362. The van der Waals surface area contributed by atoms with Crippen molar-refractivity contribution in [3.8, 4) is 17.3 Å². The topological polar surface area (TPSA) is 66.5 Å². The Morgan fingerprint density at radius 2 is 1.90 bits per heavy atom. The van der Waals surface area contributed by atoms with Crippen LogP contribution in [0.3, 0.4) is 0 Å². The molecule has 6 rings (SSSR count). The van der Waals surface area contributed by atoms with Crippen molar-refractivity contribution in [1.82, 2.24) is 9.78 Å². The molecule has 0 N–H and O–H groups in total. The highest BCUT2D eigenvalue weighted by Crippen LogP contribution is 2.51. The largest absolute Gasteiger partial charge is 0.493 e. The second kappa shape index (κ2) is 6.62. The molecule has 31 heavy (non-hydrogen) atoms. The number of halogens is 1. The molecule has 0 spiro atoms. The maximum absolute atomic E-state index is 12.2. The lowest BCUT2D eigenvalue weighted by Crippen LogP contribution is -2.35. The summed E-state index contributed by atoms with van der Waals surface area (Å²) in [6.07, 6.45) is 0. The van der Waals surface area contributed by atoms with Crippen LogP contribution in [0.1, 0.15) is 28.3 Å². The van der Waals surface area contributed by atoms with Gasteiger partial charge < -0.3 is 13.9 Å². The molecule has 0 bridgehead atoms. The Balaban J connectivity index is 1.63. The summed E-state index contributed by atoms with van der Waals surface area (Å²) in [6, 6.07) is 13.0. The van der Waals surface area contributed by atoms with E-state index in [0.29, 0.717) is 29.7 Å². The van der Waals surface area contributed by atoms with E-state index in [2.05, 4.69) is 0 Å². The van der Waals surface area contributed by atoms with Crippen LogP contribution in [-0.2, 0) is 0 Å². The molecule has 0 aliphatic carbocycles. The van der Waals surface area contributed by atoms with Gasteiger partial charge in [0, 0.05) is 39.4 Å². The molecule has 0 saturated carbocycles. The number of rotatable bonds is 1. The van der Waals surface area contributed by atoms with E-state index in [9.17, 15) is 4.79 Å². The van der Waals surface area contributed by atoms with Crippen LogP contribution >= 0.6 is 11.6 Å². The molecular weight excluding hydrogens is 416 g/mol. The van der Waals surface area contributed by atoms with Gasteiger partial charge in [-0.3, -0.25) is 0 Å². The summed E-state index contributed by atoms with van der Waals surface area (Å²) in [5.74, 6) is 1.48. The Hall–Kier alpha value is -3.25. The van der Waals surface area contributed by atoms with Crippen molar-refractivity contribution in [2.75, 3.05) is 13.2 Å². The second-order valence-electron chi connectivity index (χ2n) is 8.16. The highest BCUT2D eigenvalue weighted by atomic mass is 35.5. The highest BCUT2D eigenvalue weighted by molar-refractivity contribution is 6.30. The van der Waals surface area contributed by atoms with Crippen LogP contribution in [0.4, 0.5) is 0 Å². The molecule has 0 radical (unpaired) electrons. The predicted molar refractivity (Wildman–Crippen MR) is 117 cm³/mol. The lowest BCUT2D eigenvalue weighted by atomic mass is 9.77. The molecule has 4 heterocycles. The van der Waals surface area contributed by atoms with Gasteiger partial charge in [0.1, 0.15) is 11.3 Å². The number of hydrogen-bond donors (Lipinski definition) is 0. The third kappa shape index (κ3) is 2.71. The smallest absolute Gasteiger partial charge is 0.336 e. The molecule has 0 fully saturated rings. The summed E-state index contributed by atoms with van der Waals surface area (Å²) < 4.78 is 19.8. The van der Waals surface area contributed by atoms with Gasteiger partial charge in [-0.25, -0.2) is 9.48 Å². The SMILES string of the molecule is Cc1nn(-c2cccc(Cl)c2)c2c1C1c3c(ccc4c(C)cc(=O)oc34)OCC1CO2. The lowest BCUT2D eigenvalue weighted by Gasteiger charge is -2.37. The van der Waals surface area contributed by atoms with E-state index in [1.807, 2.05) is 50.2 Å². The minimum Gasteiger partial charge on any atom is -0.493 e. The first-order valence-electron chi connectivity index (χ1n) is 10.2.